The molecular weight excluding hydrogens is 217 g/mol. The molecule has 4 unspecified atom stereocenters. The molecule has 0 saturated heterocycles. The lowest BCUT2D eigenvalue weighted by Crippen LogP contribution is -2.41. The van der Waals surface area contributed by atoms with Crippen LogP contribution in [0.25, 0.3) is 0 Å². The van der Waals surface area contributed by atoms with Gasteiger partial charge in [-0.2, -0.15) is 0 Å². The standard InChI is InChI=1S/C10H14B9/c1-7(11)3-8(2,17-14)5-10(13,19-16)6-9(12,4-7)18-15/h3-6H2,1-2H3. The minimum absolute atomic E-state index is 0.288. The van der Waals surface area contributed by atoms with E-state index in [0.717, 1.165) is 0 Å². The quantitative estimate of drug-likeness (QED) is 0.601. The van der Waals surface area contributed by atoms with E-state index in [1.54, 1.807) is 7.17 Å². The normalized spacial score (nSPS) is 47.7. The molecule has 9 heteroatoms. The molecule has 0 amide bonds. The minimum Gasteiger partial charge on any atom is -0.101 e. The Hall–Kier alpha value is 0.584. The molecule has 1 aliphatic rings. The zero-order chi connectivity index (χ0) is 14.9. The van der Waals surface area contributed by atoms with Crippen molar-refractivity contribution in [2.75, 3.05) is 0 Å². The predicted octanol–water partition coefficient (Wildman–Crippen LogP) is 0.0186. The summed E-state index contributed by atoms with van der Waals surface area (Å²) in [5.41, 5.74) is 0. The second kappa shape index (κ2) is 5.76. The molecule has 0 aromatic rings. The third-order valence-corrected chi connectivity index (χ3v) is 4.00. The molecule has 1 aliphatic carbocycles. The largest absolute Gasteiger partial charge is 0.101 e. The molecule has 1 rings (SSSR count). The number of hydrogen-bond acceptors (Lipinski definition) is 0. The van der Waals surface area contributed by atoms with Crippen LogP contribution in [-0.2, 0) is 0 Å². The highest BCUT2D eigenvalue weighted by Crippen LogP contribution is 2.60. The molecule has 0 spiro atoms. The van der Waals surface area contributed by atoms with Crippen molar-refractivity contribution in [1.29, 1.82) is 0 Å². The van der Waals surface area contributed by atoms with E-state index in [-0.39, 0.29) is 5.31 Å². The predicted molar refractivity (Wildman–Crippen MR) is 92.4 cm³/mol. The van der Waals surface area contributed by atoms with Gasteiger partial charge in [-0.1, -0.05) is 50.2 Å². The molecule has 0 N–H and O–H groups in total. The van der Waals surface area contributed by atoms with Crippen LogP contribution in [-0.4, -0.2) is 68.3 Å². The first-order valence-electron chi connectivity index (χ1n) is 6.56. The van der Waals surface area contributed by atoms with Crippen LogP contribution in [0.5, 0.6) is 0 Å². The first-order chi connectivity index (χ1) is 8.51. The van der Waals surface area contributed by atoms with Crippen molar-refractivity contribution in [3.8, 4) is 0 Å². The molecule has 81 valence electrons. The molecule has 0 aromatic carbocycles. The van der Waals surface area contributed by atoms with Crippen molar-refractivity contribution in [3.63, 3.8) is 0 Å². The summed E-state index contributed by atoms with van der Waals surface area (Å²) in [6.07, 6.45) is 2.25. The van der Waals surface area contributed by atoms with Crippen LogP contribution < -0.4 is 0 Å². The van der Waals surface area contributed by atoms with Gasteiger partial charge in [0.25, 0.3) is 0 Å². The van der Waals surface area contributed by atoms with Gasteiger partial charge >= 0.3 is 0 Å². The van der Waals surface area contributed by atoms with Gasteiger partial charge in [0.05, 0.1) is 45.0 Å². The topological polar surface area (TPSA) is 0 Å². The van der Waals surface area contributed by atoms with E-state index >= 15 is 0 Å². The smallest absolute Gasteiger partial charge is 0.0741 e. The lowest BCUT2D eigenvalue weighted by atomic mass is 9.17. The summed E-state index contributed by atoms with van der Waals surface area (Å²) in [5.74, 6) is 0. The Morgan fingerprint density at radius 3 is 1.58 bits per heavy atom. The summed E-state index contributed by atoms with van der Waals surface area (Å²) in [6, 6.07) is 0. The van der Waals surface area contributed by atoms with E-state index in [1.807, 2.05) is 13.8 Å². The Labute approximate surface area is 129 Å². The lowest BCUT2D eigenvalue weighted by Gasteiger charge is -2.54. The Balaban J connectivity index is 3.12. The first kappa shape index (κ1) is 17.6. The maximum atomic E-state index is 6.37. The Bertz CT molecular complexity index is 296. The van der Waals surface area contributed by atoms with Gasteiger partial charge in [-0.3, -0.25) is 0 Å². The molecule has 0 aliphatic heterocycles. The molecule has 1 fully saturated rings. The van der Waals surface area contributed by atoms with Crippen molar-refractivity contribution < 1.29 is 0 Å². The van der Waals surface area contributed by atoms with Gasteiger partial charge in [0.2, 0.25) is 0 Å². The molecular formula is C10H14B9. The van der Waals surface area contributed by atoms with E-state index in [2.05, 4.69) is 0 Å². The van der Waals surface area contributed by atoms with Crippen molar-refractivity contribution in [1.82, 2.24) is 0 Å². The van der Waals surface area contributed by atoms with Crippen LogP contribution in [0.15, 0.2) is 0 Å². The van der Waals surface area contributed by atoms with Crippen molar-refractivity contribution in [3.05, 3.63) is 0 Å². The van der Waals surface area contributed by atoms with E-state index in [4.69, 9.17) is 46.8 Å². The number of rotatable bonds is 3. The van der Waals surface area contributed by atoms with Gasteiger partial charge in [0.15, 0.2) is 0 Å². The van der Waals surface area contributed by atoms with Crippen molar-refractivity contribution >= 4 is 68.3 Å². The van der Waals surface area contributed by atoms with Crippen LogP contribution in [0.2, 0.25) is 21.1 Å². The van der Waals surface area contributed by atoms with Gasteiger partial charge in [-0.05, 0) is 0 Å². The van der Waals surface area contributed by atoms with Crippen LogP contribution >= 0.6 is 0 Å². The first-order valence-corrected chi connectivity index (χ1v) is 6.56. The van der Waals surface area contributed by atoms with Gasteiger partial charge in [0, 0.05) is 23.2 Å². The van der Waals surface area contributed by atoms with E-state index in [0.29, 0.717) is 25.7 Å². The molecule has 1 saturated carbocycles. The third-order valence-electron chi connectivity index (χ3n) is 4.00. The second-order valence-corrected chi connectivity index (χ2v) is 6.98. The summed E-state index contributed by atoms with van der Waals surface area (Å²) in [5, 5.41) is -2.20. The summed E-state index contributed by atoms with van der Waals surface area (Å²) in [7, 11) is 40.9. The average Bonchev–Trinajstić information content (AvgIpc) is 2.25. The van der Waals surface area contributed by atoms with Gasteiger partial charge in [0.1, 0.15) is 0 Å². The zero-order valence-corrected chi connectivity index (χ0v) is 12.0. The fraction of sp³-hybridized carbons (Fsp3) is 1.00. The molecule has 19 heavy (non-hydrogen) atoms. The van der Waals surface area contributed by atoms with Crippen LogP contribution in [0.1, 0.15) is 39.5 Å². The second-order valence-electron chi connectivity index (χ2n) is 6.98. The summed E-state index contributed by atoms with van der Waals surface area (Å²) < 4.78 is 0. The Kier molecular flexibility index (Phi) is 5.35. The molecule has 0 nitrogen and oxygen atoms in total. The Morgan fingerprint density at radius 2 is 1.16 bits per heavy atom. The third kappa shape index (κ3) is 4.53. The molecule has 4 atom stereocenters. The van der Waals surface area contributed by atoms with E-state index in [9.17, 15) is 0 Å². The maximum absolute atomic E-state index is 6.37. The fourth-order valence-electron chi connectivity index (χ4n) is 3.64. The van der Waals surface area contributed by atoms with Gasteiger partial charge in [-0.25, -0.2) is 0 Å². The lowest BCUT2D eigenvalue weighted by molar-refractivity contribution is 0.327. The molecule has 15 radical (unpaired) electrons. The van der Waals surface area contributed by atoms with Crippen molar-refractivity contribution in [2.24, 2.45) is 0 Å². The SMILES string of the molecule is [B][B]C1([B])CC([B])(C)CC(C)([B][B])CC([B])([B][B])C1. The minimum atomic E-state index is -0.732. The van der Waals surface area contributed by atoms with Crippen LogP contribution in [0.4, 0.5) is 0 Å². The highest BCUT2D eigenvalue weighted by molar-refractivity contribution is 6.96. The highest BCUT2D eigenvalue weighted by Gasteiger charge is 2.44. The zero-order valence-electron chi connectivity index (χ0n) is 12.0. The average molecular weight is 232 g/mol. The van der Waals surface area contributed by atoms with Crippen LogP contribution in [0.3, 0.4) is 0 Å². The summed E-state index contributed by atoms with van der Waals surface area (Å²) in [4.78, 5) is 0. The maximum Gasteiger partial charge on any atom is 0.0741 e. The van der Waals surface area contributed by atoms with Gasteiger partial charge < -0.3 is 0 Å². The molecule has 0 aromatic heterocycles. The monoisotopic (exact) mass is 233 g/mol. The molecule has 0 bridgehead atoms. The summed E-state index contributed by atoms with van der Waals surface area (Å²) >= 11 is 0. The molecule has 0 heterocycles. The Morgan fingerprint density at radius 1 is 0.684 bits per heavy atom. The van der Waals surface area contributed by atoms with E-state index in [1.165, 1.54) is 14.3 Å². The van der Waals surface area contributed by atoms with Crippen molar-refractivity contribution in [2.45, 2.75) is 60.6 Å². The summed E-state index contributed by atoms with van der Waals surface area (Å²) in [6.45, 7) is 4.01. The fourth-order valence-corrected chi connectivity index (χ4v) is 3.64. The van der Waals surface area contributed by atoms with E-state index < -0.39 is 15.7 Å². The number of hydrogen-bond donors (Lipinski definition) is 0. The van der Waals surface area contributed by atoms with Gasteiger partial charge in [-0.15, -0.1) is 10.4 Å². The van der Waals surface area contributed by atoms with Crippen LogP contribution in [0, 0.1) is 0 Å². The highest BCUT2D eigenvalue weighted by atomic mass is 14.4.